The summed E-state index contributed by atoms with van der Waals surface area (Å²) in [7, 11) is 3.32. The van der Waals surface area contributed by atoms with Crippen molar-refractivity contribution in [2.45, 2.75) is 32.1 Å². The van der Waals surface area contributed by atoms with Crippen LogP contribution in [0.1, 0.15) is 28.8 Å². The maximum atomic E-state index is 13.8. The van der Waals surface area contributed by atoms with E-state index in [0.29, 0.717) is 50.3 Å². The van der Waals surface area contributed by atoms with Crippen molar-refractivity contribution >= 4 is 27.5 Å². The Labute approximate surface area is 210 Å². The van der Waals surface area contributed by atoms with Gasteiger partial charge in [0.1, 0.15) is 0 Å². The number of alkyl halides is 3. The number of thiazole rings is 1. The number of halogens is 3. The van der Waals surface area contributed by atoms with Crippen LogP contribution in [-0.2, 0) is 42.3 Å². The molecule has 0 N–H and O–H groups in total. The first kappa shape index (κ1) is 24.9. The molecule has 2 aliphatic heterocycles. The molecular weight excluding hydrogens is 493 g/mol. The largest absolute Gasteiger partial charge is 0.417 e. The Balaban J connectivity index is 1.33. The van der Waals surface area contributed by atoms with E-state index in [1.165, 1.54) is 11.3 Å². The van der Waals surface area contributed by atoms with Gasteiger partial charge in [0.05, 0.1) is 27.8 Å². The third kappa shape index (κ3) is 4.55. The summed E-state index contributed by atoms with van der Waals surface area (Å²) in [6.45, 7) is 2.58. The zero-order valence-corrected chi connectivity index (χ0v) is 20.9. The summed E-state index contributed by atoms with van der Waals surface area (Å²) < 4.78 is 47.6. The molecule has 0 aliphatic carbocycles. The molecule has 1 saturated heterocycles. The molecule has 1 fully saturated rings. The van der Waals surface area contributed by atoms with Crippen molar-refractivity contribution in [2.75, 3.05) is 33.4 Å². The van der Waals surface area contributed by atoms with Crippen LogP contribution >= 0.6 is 11.3 Å². The Morgan fingerprint density at radius 2 is 2.06 bits per heavy atom. The number of ether oxygens (including phenoxy) is 1. The van der Waals surface area contributed by atoms with Gasteiger partial charge in [-0.25, -0.2) is 0 Å². The van der Waals surface area contributed by atoms with Crippen molar-refractivity contribution in [3.63, 3.8) is 0 Å². The van der Waals surface area contributed by atoms with Crippen LogP contribution in [0.4, 0.5) is 13.2 Å². The number of nitrogens with zero attached hydrogens (tertiary/aromatic N) is 4. The van der Waals surface area contributed by atoms with Gasteiger partial charge >= 0.3 is 11.0 Å². The molecular formula is C25H27F3N4O3S. The molecule has 0 spiro atoms. The third-order valence-electron chi connectivity index (χ3n) is 7.22. The van der Waals surface area contributed by atoms with Crippen LogP contribution < -0.4 is 4.87 Å². The number of aryl methyl sites for hydroxylation is 1. The summed E-state index contributed by atoms with van der Waals surface area (Å²) in [5.74, 6) is -0.0920. The minimum Gasteiger partial charge on any atom is -0.384 e. The summed E-state index contributed by atoms with van der Waals surface area (Å²) >= 11 is 1.21. The minimum atomic E-state index is -4.48. The number of carbonyl (C=O) groups excluding carboxylic acids is 1. The first-order valence-electron chi connectivity index (χ1n) is 11.7. The van der Waals surface area contributed by atoms with Crippen molar-refractivity contribution in [3.8, 4) is 0 Å². The number of hydrogen-bond donors (Lipinski definition) is 0. The van der Waals surface area contributed by atoms with E-state index in [2.05, 4.69) is 9.88 Å². The standard InChI is InChI=1S/C25H27F3N4O3S/c1-30-20-9-16(3-4-21(20)36-23(30)34)12-31-8-6-24(14-31,15-35-2)22(33)32-7-5-19-17(13-32)10-18(11-29-19)25(26,27)28/h3-4,9-11H,5-8,12-15H2,1-2H3. The molecule has 1 atom stereocenters. The monoisotopic (exact) mass is 520 g/mol. The number of carbonyl (C=O) groups is 1. The summed E-state index contributed by atoms with van der Waals surface area (Å²) in [5, 5.41) is 0. The van der Waals surface area contributed by atoms with E-state index < -0.39 is 17.2 Å². The molecule has 2 aromatic heterocycles. The maximum Gasteiger partial charge on any atom is 0.417 e. The lowest BCUT2D eigenvalue weighted by molar-refractivity contribution is -0.145. The van der Waals surface area contributed by atoms with Gasteiger partial charge in [-0.3, -0.25) is 19.5 Å². The van der Waals surface area contributed by atoms with E-state index in [-0.39, 0.29) is 23.9 Å². The van der Waals surface area contributed by atoms with Gasteiger partial charge in [-0.15, -0.1) is 0 Å². The van der Waals surface area contributed by atoms with Crippen molar-refractivity contribution in [1.82, 2.24) is 19.4 Å². The topological polar surface area (TPSA) is 67.7 Å². The van der Waals surface area contributed by atoms with Crippen LogP contribution in [0.5, 0.6) is 0 Å². The number of aromatic nitrogens is 2. The molecule has 1 amide bonds. The van der Waals surface area contributed by atoms with Gasteiger partial charge in [-0.2, -0.15) is 13.2 Å². The van der Waals surface area contributed by atoms with Crippen LogP contribution in [0, 0.1) is 5.41 Å². The van der Waals surface area contributed by atoms with E-state index in [1.807, 2.05) is 18.2 Å². The molecule has 4 heterocycles. The molecule has 3 aromatic rings. The molecule has 1 aromatic carbocycles. The average Bonchev–Trinajstić information content (AvgIpc) is 3.38. The van der Waals surface area contributed by atoms with Crippen molar-refractivity contribution in [1.29, 1.82) is 0 Å². The van der Waals surface area contributed by atoms with Crippen LogP contribution in [0.15, 0.2) is 35.3 Å². The minimum absolute atomic E-state index is 0.00584. The van der Waals surface area contributed by atoms with E-state index in [4.69, 9.17) is 4.74 Å². The predicted molar refractivity (Wildman–Crippen MR) is 130 cm³/mol. The molecule has 0 radical (unpaired) electrons. The third-order valence-corrected chi connectivity index (χ3v) is 8.24. The fourth-order valence-electron chi connectivity index (χ4n) is 5.34. The highest BCUT2D eigenvalue weighted by Crippen LogP contribution is 2.36. The van der Waals surface area contributed by atoms with E-state index in [9.17, 15) is 22.8 Å². The highest BCUT2D eigenvalue weighted by molar-refractivity contribution is 7.16. The molecule has 36 heavy (non-hydrogen) atoms. The first-order valence-corrected chi connectivity index (χ1v) is 12.6. The highest BCUT2D eigenvalue weighted by atomic mass is 32.1. The molecule has 0 saturated carbocycles. The number of amides is 1. The molecule has 1 unspecified atom stereocenters. The summed E-state index contributed by atoms with van der Waals surface area (Å²) in [5.41, 5.74) is 1.43. The van der Waals surface area contributed by atoms with E-state index in [0.717, 1.165) is 28.0 Å². The van der Waals surface area contributed by atoms with Gasteiger partial charge in [0.25, 0.3) is 0 Å². The zero-order valence-electron chi connectivity index (χ0n) is 20.1. The second-order valence-electron chi connectivity index (χ2n) is 9.71. The Morgan fingerprint density at radius 1 is 1.25 bits per heavy atom. The fraction of sp³-hybridized carbons (Fsp3) is 0.480. The van der Waals surface area contributed by atoms with Crippen LogP contribution in [0.25, 0.3) is 10.2 Å². The smallest absolute Gasteiger partial charge is 0.384 e. The number of rotatable bonds is 5. The summed E-state index contributed by atoms with van der Waals surface area (Å²) in [6.07, 6.45) is -2.59. The van der Waals surface area contributed by atoms with Crippen LogP contribution in [-0.4, -0.2) is 58.6 Å². The fourth-order valence-corrected chi connectivity index (χ4v) is 6.20. The second kappa shape index (κ2) is 9.28. The lowest BCUT2D eigenvalue weighted by atomic mass is 9.85. The van der Waals surface area contributed by atoms with E-state index in [1.54, 1.807) is 23.6 Å². The number of methoxy groups -OCH3 is 1. The zero-order chi connectivity index (χ0) is 25.7. The first-order chi connectivity index (χ1) is 17.1. The number of fused-ring (bicyclic) bond motifs is 2. The number of benzene rings is 1. The lowest BCUT2D eigenvalue weighted by Gasteiger charge is -2.36. The Morgan fingerprint density at radius 3 is 2.81 bits per heavy atom. The van der Waals surface area contributed by atoms with Gasteiger partial charge in [-0.05, 0) is 42.3 Å². The Kier molecular flexibility index (Phi) is 6.42. The van der Waals surface area contributed by atoms with Crippen LogP contribution in [0.2, 0.25) is 0 Å². The van der Waals surface area contributed by atoms with Gasteiger partial charge in [0.15, 0.2) is 0 Å². The van der Waals surface area contributed by atoms with Crippen molar-refractivity contribution in [3.05, 3.63) is 62.5 Å². The van der Waals surface area contributed by atoms with Gasteiger partial charge in [0.2, 0.25) is 5.91 Å². The molecule has 0 bridgehead atoms. The normalized spacial score (nSPS) is 20.8. The van der Waals surface area contributed by atoms with Gasteiger partial charge in [-0.1, -0.05) is 17.4 Å². The Hall–Kier alpha value is -2.76. The van der Waals surface area contributed by atoms with Gasteiger partial charge in [0, 0.05) is 58.6 Å². The van der Waals surface area contributed by atoms with Crippen molar-refractivity contribution in [2.24, 2.45) is 12.5 Å². The second-order valence-corrected chi connectivity index (χ2v) is 10.7. The van der Waals surface area contributed by atoms with Crippen LogP contribution in [0.3, 0.4) is 0 Å². The SMILES string of the molecule is COCC1(C(=O)N2CCc3ncc(C(F)(F)F)cc3C2)CCN(Cc2ccc3sc(=O)n(C)c3c2)C1. The lowest BCUT2D eigenvalue weighted by Crippen LogP contribution is -2.49. The number of pyridine rings is 1. The number of likely N-dealkylation sites (tertiary alicyclic amines) is 1. The van der Waals surface area contributed by atoms with Gasteiger partial charge < -0.3 is 14.2 Å². The molecule has 7 nitrogen and oxygen atoms in total. The summed E-state index contributed by atoms with van der Waals surface area (Å²) in [4.78, 5) is 33.6. The quantitative estimate of drug-likeness (QED) is 0.516. The average molecular weight is 521 g/mol. The number of hydrogen-bond acceptors (Lipinski definition) is 6. The van der Waals surface area contributed by atoms with E-state index >= 15 is 0 Å². The summed E-state index contributed by atoms with van der Waals surface area (Å²) in [6, 6.07) is 7.08. The van der Waals surface area contributed by atoms with Crippen molar-refractivity contribution < 1.29 is 22.7 Å². The molecule has 11 heteroatoms. The predicted octanol–water partition coefficient (Wildman–Crippen LogP) is 3.44. The molecule has 2 aliphatic rings. The molecule has 5 rings (SSSR count). The highest BCUT2D eigenvalue weighted by Gasteiger charge is 2.47. The maximum absolute atomic E-state index is 13.8. The Bertz CT molecular complexity index is 1370. The molecule has 192 valence electrons.